The normalized spacial score (nSPS) is 20.6. The van der Waals surface area contributed by atoms with Crippen LogP contribution in [0.5, 0.6) is 0 Å². The Labute approximate surface area is 187 Å². The Balaban J connectivity index is 1.49. The molecule has 160 valence electrons. The second-order valence-corrected chi connectivity index (χ2v) is 10.3. The van der Waals surface area contributed by atoms with Gasteiger partial charge in [-0.1, -0.05) is 43.2 Å². The number of amides is 2. The van der Waals surface area contributed by atoms with Crippen molar-refractivity contribution >= 4 is 17.4 Å². The van der Waals surface area contributed by atoms with Crippen molar-refractivity contribution in [2.45, 2.75) is 70.0 Å². The topological polar surface area (TPSA) is 37.3 Å². The number of benzene rings is 1. The summed E-state index contributed by atoms with van der Waals surface area (Å²) in [6.45, 7) is 0.682. The third kappa shape index (κ3) is 3.30. The number of rotatable bonds is 2. The lowest BCUT2D eigenvalue weighted by atomic mass is 9.95. The zero-order valence-electron chi connectivity index (χ0n) is 17.8. The van der Waals surface area contributed by atoms with Gasteiger partial charge in [0.2, 0.25) is 0 Å². The van der Waals surface area contributed by atoms with Crippen molar-refractivity contribution < 1.29 is 4.79 Å². The highest BCUT2D eigenvalue weighted by Gasteiger charge is 2.36. The van der Waals surface area contributed by atoms with E-state index in [1.165, 1.54) is 64.4 Å². The molecule has 1 aliphatic heterocycles. The van der Waals surface area contributed by atoms with E-state index in [2.05, 4.69) is 63.4 Å². The fourth-order valence-electron chi connectivity index (χ4n) is 5.70. The largest absolute Gasteiger partial charge is 0.335 e. The second-order valence-electron chi connectivity index (χ2n) is 9.17. The van der Waals surface area contributed by atoms with E-state index < -0.39 is 0 Å². The monoisotopic (exact) mass is 431 g/mol. The van der Waals surface area contributed by atoms with Crippen LogP contribution in [0.3, 0.4) is 0 Å². The maximum Gasteiger partial charge on any atom is 0.318 e. The molecule has 4 nitrogen and oxygen atoms in total. The van der Waals surface area contributed by atoms with E-state index in [0.717, 1.165) is 19.3 Å². The quantitative estimate of drug-likeness (QED) is 0.533. The molecule has 0 saturated heterocycles. The van der Waals surface area contributed by atoms with Crippen LogP contribution < -0.4 is 5.32 Å². The highest BCUT2D eigenvalue weighted by molar-refractivity contribution is 7.15. The first kappa shape index (κ1) is 19.2. The zero-order chi connectivity index (χ0) is 20.8. The standard InChI is InChI=1S/C26H29N3OS/c30-26(27-19-11-4-5-12-19)29-17-21-20-13-6-7-15-23(20)31-25(21)28-16-8-14-22(28)24(29)18-9-2-1-3-10-18/h1-3,8-10,14,16,19,24H,4-7,11-13,15,17H2,(H,27,30)/t24-/m0/s1. The molecule has 0 spiro atoms. The lowest BCUT2D eigenvalue weighted by molar-refractivity contribution is 0.176. The number of urea groups is 1. The minimum absolute atomic E-state index is 0.0807. The summed E-state index contributed by atoms with van der Waals surface area (Å²) in [5, 5.41) is 4.71. The van der Waals surface area contributed by atoms with Crippen LogP contribution in [0, 0.1) is 0 Å². The van der Waals surface area contributed by atoms with Gasteiger partial charge in [-0.15, -0.1) is 11.3 Å². The molecule has 3 aliphatic rings. The number of thiophene rings is 1. The van der Waals surface area contributed by atoms with Crippen molar-refractivity contribution in [3.05, 3.63) is 75.9 Å². The Morgan fingerprint density at radius 2 is 1.74 bits per heavy atom. The smallest absolute Gasteiger partial charge is 0.318 e. The molecule has 1 atom stereocenters. The summed E-state index contributed by atoms with van der Waals surface area (Å²) < 4.78 is 2.36. The van der Waals surface area contributed by atoms with Gasteiger partial charge >= 0.3 is 6.03 Å². The van der Waals surface area contributed by atoms with E-state index in [1.807, 2.05) is 11.3 Å². The molecule has 5 heteroatoms. The van der Waals surface area contributed by atoms with Gasteiger partial charge in [0.25, 0.3) is 0 Å². The number of nitrogens with zero attached hydrogens (tertiary/aromatic N) is 2. The molecule has 1 N–H and O–H groups in total. The highest BCUT2D eigenvalue weighted by atomic mass is 32.1. The molecule has 2 aromatic heterocycles. The van der Waals surface area contributed by atoms with Crippen LogP contribution in [-0.2, 0) is 19.4 Å². The fraction of sp³-hybridized carbons (Fsp3) is 0.423. The Morgan fingerprint density at radius 1 is 0.935 bits per heavy atom. The lowest BCUT2D eigenvalue weighted by Crippen LogP contribution is -2.45. The van der Waals surface area contributed by atoms with Gasteiger partial charge in [-0.2, -0.15) is 0 Å². The number of aryl methyl sites for hydroxylation is 1. The van der Waals surface area contributed by atoms with Crippen molar-refractivity contribution in [1.29, 1.82) is 0 Å². The van der Waals surface area contributed by atoms with Gasteiger partial charge < -0.3 is 14.8 Å². The molecule has 1 aromatic carbocycles. The van der Waals surface area contributed by atoms with E-state index >= 15 is 0 Å². The van der Waals surface area contributed by atoms with Gasteiger partial charge in [-0.05, 0) is 61.8 Å². The molecule has 1 saturated carbocycles. The van der Waals surface area contributed by atoms with Gasteiger partial charge in [0, 0.05) is 22.7 Å². The van der Waals surface area contributed by atoms with Crippen LogP contribution in [-0.4, -0.2) is 21.5 Å². The number of nitrogens with one attached hydrogen (secondary N) is 1. The predicted molar refractivity (Wildman–Crippen MR) is 125 cm³/mol. The molecule has 2 aliphatic carbocycles. The molecule has 31 heavy (non-hydrogen) atoms. The van der Waals surface area contributed by atoms with E-state index in [4.69, 9.17) is 0 Å². The molecule has 0 bridgehead atoms. The van der Waals surface area contributed by atoms with E-state index in [9.17, 15) is 4.79 Å². The first-order chi connectivity index (χ1) is 15.3. The second kappa shape index (κ2) is 7.86. The van der Waals surface area contributed by atoms with Crippen LogP contribution in [0.2, 0.25) is 0 Å². The zero-order valence-corrected chi connectivity index (χ0v) is 18.7. The molecule has 2 amide bonds. The first-order valence-electron chi connectivity index (χ1n) is 11.7. The minimum Gasteiger partial charge on any atom is -0.335 e. The van der Waals surface area contributed by atoms with Crippen LogP contribution in [0.15, 0.2) is 48.7 Å². The van der Waals surface area contributed by atoms with Crippen molar-refractivity contribution in [3.8, 4) is 5.00 Å². The van der Waals surface area contributed by atoms with Crippen molar-refractivity contribution in [3.63, 3.8) is 0 Å². The van der Waals surface area contributed by atoms with Gasteiger partial charge in [0.1, 0.15) is 5.00 Å². The Bertz CT molecular complexity index is 1090. The molecule has 3 heterocycles. The summed E-state index contributed by atoms with van der Waals surface area (Å²) in [4.78, 5) is 17.4. The minimum atomic E-state index is -0.0866. The highest BCUT2D eigenvalue weighted by Crippen LogP contribution is 2.44. The Morgan fingerprint density at radius 3 is 2.58 bits per heavy atom. The number of carbonyl (C=O) groups is 1. The van der Waals surface area contributed by atoms with E-state index in [1.54, 1.807) is 0 Å². The summed E-state index contributed by atoms with van der Waals surface area (Å²) >= 11 is 1.95. The van der Waals surface area contributed by atoms with Crippen molar-refractivity contribution in [1.82, 2.24) is 14.8 Å². The summed E-state index contributed by atoms with van der Waals surface area (Å²) in [5.41, 5.74) is 5.24. The number of fused-ring (bicyclic) bond motifs is 5. The molecule has 1 fully saturated rings. The fourth-order valence-corrected chi connectivity index (χ4v) is 7.10. The van der Waals surface area contributed by atoms with Gasteiger partial charge in [0.05, 0.1) is 18.3 Å². The number of hydrogen-bond donors (Lipinski definition) is 1. The number of aromatic nitrogens is 1. The summed E-state index contributed by atoms with van der Waals surface area (Å²) in [6, 6.07) is 15.2. The van der Waals surface area contributed by atoms with Gasteiger partial charge in [-0.3, -0.25) is 0 Å². The van der Waals surface area contributed by atoms with Crippen molar-refractivity contribution in [2.24, 2.45) is 0 Å². The molecular weight excluding hydrogens is 402 g/mol. The average Bonchev–Trinajstić information content (AvgIpc) is 3.53. The van der Waals surface area contributed by atoms with Crippen LogP contribution in [0.25, 0.3) is 5.00 Å². The molecule has 6 rings (SSSR count). The number of hydrogen-bond acceptors (Lipinski definition) is 2. The molecule has 0 unspecified atom stereocenters. The first-order valence-corrected chi connectivity index (χ1v) is 12.5. The average molecular weight is 432 g/mol. The Hall–Kier alpha value is -2.53. The van der Waals surface area contributed by atoms with E-state index in [0.29, 0.717) is 12.6 Å². The lowest BCUT2D eigenvalue weighted by Gasteiger charge is -2.32. The third-order valence-corrected chi connectivity index (χ3v) is 8.57. The maximum absolute atomic E-state index is 13.7. The maximum atomic E-state index is 13.7. The molecular formula is C26H29N3OS. The van der Waals surface area contributed by atoms with Crippen LogP contribution in [0.1, 0.15) is 71.8 Å². The van der Waals surface area contributed by atoms with E-state index in [-0.39, 0.29) is 12.1 Å². The SMILES string of the molecule is O=C(NC1CCCC1)N1Cc2c(sc3c2CCCC3)-n2cccc2[C@@H]1c1ccccc1. The predicted octanol–water partition coefficient (Wildman–Crippen LogP) is 5.97. The van der Waals surface area contributed by atoms with Crippen molar-refractivity contribution in [2.75, 3.05) is 0 Å². The van der Waals surface area contributed by atoms with Gasteiger partial charge in [-0.25, -0.2) is 4.79 Å². The van der Waals surface area contributed by atoms with Crippen LogP contribution in [0.4, 0.5) is 4.79 Å². The summed E-state index contributed by atoms with van der Waals surface area (Å²) in [7, 11) is 0. The van der Waals surface area contributed by atoms with Gasteiger partial charge in [0.15, 0.2) is 0 Å². The summed E-state index contributed by atoms with van der Waals surface area (Å²) in [6.07, 6.45) is 11.7. The Kier molecular flexibility index (Phi) is 4.87. The van der Waals surface area contributed by atoms with Crippen LogP contribution >= 0.6 is 11.3 Å². The molecule has 0 radical (unpaired) electrons. The third-order valence-electron chi connectivity index (χ3n) is 7.24. The number of carbonyl (C=O) groups excluding carboxylic acids is 1. The summed E-state index contributed by atoms with van der Waals surface area (Å²) in [5.74, 6) is 0. The molecule has 3 aromatic rings.